The van der Waals surface area contributed by atoms with Crippen molar-refractivity contribution in [1.82, 2.24) is 0 Å². The van der Waals surface area contributed by atoms with Gasteiger partial charge in [-0.2, -0.15) is 0 Å². The lowest BCUT2D eigenvalue weighted by atomic mass is 10.0. The van der Waals surface area contributed by atoms with Crippen molar-refractivity contribution in [3.63, 3.8) is 0 Å². The summed E-state index contributed by atoms with van der Waals surface area (Å²) in [6.45, 7) is 6.07. The Balaban J connectivity index is 2.48. The smallest absolute Gasteiger partial charge is 0.411 e. The van der Waals surface area contributed by atoms with Crippen LogP contribution in [0.2, 0.25) is 0 Å². The van der Waals surface area contributed by atoms with Crippen molar-refractivity contribution in [2.45, 2.75) is 33.2 Å². The molecule has 0 aromatic heterocycles. The van der Waals surface area contributed by atoms with Gasteiger partial charge in [0.05, 0.1) is 17.4 Å². The van der Waals surface area contributed by atoms with Gasteiger partial charge in [0, 0.05) is 18.7 Å². The predicted octanol–water partition coefficient (Wildman–Crippen LogP) is 2.53. The Morgan fingerprint density at radius 2 is 2.05 bits per heavy atom. The van der Waals surface area contributed by atoms with Crippen LogP contribution in [0.5, 0.6) is 0 Å². The normalized spacial score (nSPS) is 17.8. The van der Waals surface area contributed by atoms with Gasteiger partial charge < -0.3 is 15.7 Å². The standard InChI is InChI=1S/C15H21N3O3/c1-9(2)6-14(19)18-10(3)8-17(15(20)21)12-5-4-11(16)7-13(12)18/h4-5,7,9-10H,6,8,16H2,1-3H3,(H,20,21). The minimum Gasteiger partial charge on any atom is -0.465 e. The number of benzene rings is 1. The molecule has 0 spiro atoms. The first-order valence-corrected chi connectivity index (χ1v) is 7.03. The lowest BCUT2D eigenvalue weighted by molar-refractivity contribution is -0.119. The molecule has 2 rings (SSSR count). The molecular weight excluding hydrogens is 270 g/mol. The minimum absolute atomic E-state index is 0.00520. The Morgan fingerprint density at radius 3 is 2.62 bits per heavy atom. The van der Waals surface area contributed by atoms with Crippen molar-refractivity contribution in [3.05, 3.63) is 18.2 Å². The van der Waals surface area contributed by atoms with Crippen molar-refractivity contribution in [2.24, 2.45) is 5.92 Å². The number of rotatable bonds is 2. The minimum atomic E-state index is -1.02. The van der Waals surface area contributed by atoms with Gasteiger partial charge in [0.25, 0.3) is 0 Å². The number of fused-ring (bicyclic) bond motifs is 1. The second kappa shape index (κ2) is 5.63. The topological polar surface area (TPSA) is 86.9 Å². The van der Waals surface area contributed by atoms with E-state index < -0.39 is 6.09 Å². The molecule has 6 heteroatoms. The summed E-state index contributed by atoms with van der Waals surface area (Å²) in [5.41, 5.74) is 7.40. The van der Waals surface area contributed by atoms with Crippen LogP contribution in [0, 0.1) is 5.92 Å². The SMILES string of the molecule is CC(C)CC(=O)N1c2cc(N)ccc2N(C(=O)O)CC1C. The first-order valence-electron chi connectivity index (χ1n) is 7.03. The van der Waals surface area contributed by atoms with E-state index in [1.807, 2.05) is 20.8 Å². The Morgan fingerprint density at radius 1 is 1.38 bits per heavy atom. The van der Waals surface area contributed by atoms with Gasteiger partial charge in [-0.25, -0.2) is 4.79 Å². The van der Waals surface area contributed by atoms with Gasteiger partial charge in [0.1, 0.15) is 0 Å². The summed E-state index contributed by atoms with van der Waals surface area (Å²) < 4.78 is 0. The molecule has 0 fully saturated rings. The Hall–Kier alpha value is -2.24. The predicted molar refractivity (Wildman–Crippen MR) is 82.6 cm³/mol. The van der Waals surface area contributed by atoms with Gasteiger partial charge in [-0.05, 0) is 31.0 Å². The zero-order chi connectivity index (χ0) is 15.7. The molecule has 0 saturated heterocycles. The quantitative estimate of drug-likeness (QED) is 0.820. The van der Waals surface area contributed by atoms with E-state index in [-0.39, 0.29) is 24.4 Å². The van der Waals surface area contributed by atoms with E-state index >= 15 is 0 Å². The molecule has 1 unspecified atom stereocenters. The first-order chi connectivity index (χ1) is 9.81. The lowest BCUT2D eigenvalue weighted by Gasteiger charge is -2.40. The van der Waals surface area contributed by atoms with E-state index in [1.54, 1.807) is 23.1 Å². The van der Waals surface area contributed by atoms with Crippen molar-refractivity contribution in [2.75, 3.05) is 22.1 Å². The average molecular weight is 291 g/mol. The number of carboxylic acid groups (broad SMARTS) is 1. The summed E-state index contributed by atoms with van der Waals surface area (Å²) in [6.07, 6.45) is -0.602. The van der Waals surface area contributed by atoms with Crippen LogP contribution in [-0.2, 0) is 4.79 Å². The van der Waals surface area contributed by atoms with Gasteiger partial charge in [-0.3, -0.25) is 9.69 Å². The highest BCUT2D eigenvalue weighted by Crippen LogP contribution is 2.37. The fraction of sp³-hybridized carbons (Fsp3) is 0.467. The van der Waals surface area contributed by atoms with Gasteiger partial charge in [0.15, 0.2) is 0 Å². The van der Waals surface area contributed by atoms with Crippen molar-refractivity contribution >= 4 is 29.1 Å². The molecule has 3 N–H and O–H groups in total. The second-order valence-corrected chi connectivity index (χ2v) is 5.85. The van der Waals surface area contributed by atoms with Crippen LogP contribution in [0.1, 0.15) is 27.2 Å². The van der Waals surface area contributed by atoms with Crippen molar-refractivity contribution in [3.8, 4) is 0 Å². The van der Waals surface area contributed by atoms with Crippen molar-refractivity contribution in [1.29, 1.82) is 0 Å². The number of anilines is 3. The molecule has 0 saturated carbocycles. The maximum Gasteiger partial charge on any atom is 0.411 e. The fourth-order valence-corrected chi connectivity index (χ4v) is 2.65. The summed E-state index contributed by atoms with van der Waals surface area (Å²) >= 11 is 0. The van der Waals surface area contributed by atoms with Crippen LogP contribution < -0.4 is 15.5 Å². The number of amides is 2. The molecule has 6 nitrogen and oxygen atoms in total. The molecule has 1 atom stereocenters. The molecule has 2 amide bonds. The zero-order valence-corrected chi connectivity index (χ0v) is 12.5. The summed E-state index contributed by atoms with van der Waals surface area (Å²) in [5, 5.41) is 9.33. The highest BCUT2D eigenvalue weighted by atomic mass is 16.4. The Kier molecular flexibility index (Phi) is 4.06. The van der Waals surface area contributed by atoms with Crippen LogP contribution in [0.3, 0.4) is 0 Å². The lowest BCUT2D eigenvalue weighted by Crippen LogP contribution is -2.51. The third-order valence-corrected chi connectivity index (χ3v) is 3.52. The van der Waals surface area contributed by atoms with Crippen molar-refractivity contribution < 1.29 is 14.7 Å². The number of hydrogen-bond donors (Lipinski definition) is 2. The highest BCUT2D eigenvalue weighted by Gasteiger charge is 2.34. The summed E-state index contributed by atoms with van der Waals surface area (Å²) in [5.74, 6) is 0.237. The van der Waals surface area contributed by atoms with E-state index in [0.29, 0.717) is 23.5 Å². The van der Waals surface area contributed by atoms with E-state index in [0.717, 1.165) is 0 Å². The molecule has 1 heterocycles. The monoisotopic (exact) mass is 291 g/mol. The van der Waals surface area contributed by atoms with Gasteiger partial charge in [0.2, 0.25) is 5.91 Å². The van der Waals surface area contributed by atoms with Crippen LogP contribution >= 0.6 is 0 Å². The zero-order valence-electron chi connectivity index (χ0n) is 12.5. The summed E-state index contributed by atoms with van der Waals surface area (Å²) in [4.78, 5) is 26.8. The van der Waals surface area contributed by atoms with Gasteiger partial charge in [-0.15, -0.1) is 0 Å². The molecule has 114 valence electrons. The number of hydrogen-bond acceptors (Lipinski definition) is 3. The molecule has 0 radical (unpaired) electrons. The maximum absolute atomic E-state index is 12.5. The third-order valence-electron chi connectivity index (χ3n) is 3.52. The van der Waals surface area contributed by atoms with Crippen LogP contribution in [0.25, 0.3) is 0 Å². The Labute approximate surface area is 124 Å². The Bertz CT molecular complexity index is 571. The average Bonchev–Trinajstić information content (AvgIpc) is 2.35. The summed E-state index contributed by atoms with van der Waals surface area (Å²) in [7, 11) is 0. The number of carbonyl (C=O) groups excluding carboxylic acids is 1. The molecule has 21 heavy (non-hydrogen) atoms. The molecule has 1 aliphatic heterocycles. The molecule has 0 aliphatic carbocycles. The number of nitrogens with two attached hydrogens (primary N) is 1. The molecule has 1 aromatic rings. The van der Waals surface area contributed by atoms with Gasteiger partial charge in [-0.1, -0.05) is 13.8 Å². The number of nitrogen functional groups attached to an aromatic ring is 1. The van der Waals surface area contributed by atoms with Crippen LogP contribution in [0.4, 0.5) is 21.9 Å². The maximum atomic E-state index is 12.5. The largest absolute Gasteiger partial charge is 0.465 e. The van der Waals surface area contributed by atoms with E-state index in [2.05, 4.69) is 0 Å². The third kappa shape index (κ3) is 2.94. The van der Waals surface area contributed by atoms with Crippen LogP contribution in [-0.4, -0.2) is 29.7 Å². The second-order valence-electron chi connectivity index (χ2n) is 5.85. The molecular formula is C15H21N3O3. The number of carbonyl (C=O) groups is 2. The van der Waals surface area contributed by atoms with E-state index in [4.69, 9.17) is 5.73 Å². The first kappa shape index (κ1) is 15.2. The molecule has 1 aliphatic rings. The van der Waals surface area contributed by atoms with E-state index in [1.165, 1.54) is 4.90 Å². The molecule has 0 bridgehead atoms. The van der Waals surface area contributed by atoms with E-state index in [9.17, 15) is 14.7 Å². The fourth-order valence-electron chi connectivity index (χ4n) is 2.65. The summed E-state index contributed by atoms with van der Waals surface area (Å²) in [6, 6.07) is 4.75. The van der Waals surface area contributed by atoms with Gasteiger partial charge >= 0.3 is 6.09 Å². The number of nitrogens with zero attached hydrogens (tertiary/aromatic N) is 2. The highest BCUT2D eigenvalue weighted by molar-refractivity contribution is 6.03. The van der Waals surface area contributed by atoms with Crippen LogP contribution in [0.15, 0.2) is 18.2 Å². The molecule has 1 aromatic carbocycles.